The van der Waals surface area contributed by atoms with Gasteiger partial charge in [-0.3, -0.25) is 9.69 Å². The molecule has 1 aromatic rings. The maximum Gasteiger partial charge on any atom is 0.173 e. The smallest absolute Gasteiger partial charge is 0.173 e. The minimum Gasteiger partial charge on any atom is -0.486 e. The van der Waals surface area contributed by atoms with E-state index in [1.54, 1.807) is 0 Å². The first-order chi connectivity index (χ1) is 10.2. The number of likely N-dealkylation sites (tertiary alicyclic amines) is 1. The molecule has 1 aromatic carbocycles. The number of halogens is 1. The summed E-state index contributed by atoms with van der Waals surface area (Å²) in [7, 11) is 2.07. The molecule has 21 heavy (non-hydrogen) atoms. The van der Waals surface area contributed by atoms with Gasteiger partial charge in [-0.2, -0.15) is 0 Å². The topological polar surface area (TPSA) is 64.8 Å². The molecule has 0 saturated carbocycles. The third-order valence-electron chi connectivity index (χ3n) is 4.27. The van der Waals surface area contributed by atoms with Gasteiger partial charge >= 0.3 is 0 Å². The van der Waals surface area contributed by atoms with Gasteiger partial charge in [0.15, 0.2) is 17.8 Å². The van der Waals surface area contributed by atoms with Crippen LogP contribution in [0.1, 0.15) is 28.4 Å². The Kier molecular flexibility index (Phi) is 4.06. The maximum absolute atomic E-state index is 11.2. The average molecular weight is 311 g/mol. The van der Waals surface area contributed by atoms with Crippen LogP contribution in [0, 0.1) is 5.92 Å². The predicted molar refractivity (Wildman–Crippen MR) is 80.4 cm³/mol. The van der Waals surface area contributed by atoms with Gasteiger partial charge in [0.25, 0.3) is 0 Å². The molecule has 0 aliphatic carbocycles. The lowest BCUT2D eigenvalue weighted by molar-refractivity contribution is 0.111. The summed E-state index contributed by atoms with van der Waals surface area (Å²) in [6, 6.07) is 2.02. The Hall–Kier alpha value is -1.30. The molecule has 0 amide bonds. The molecule has 2 aliphatic rings. The van der Waals surface area contributed by atoms with E-state index in [0.717, 1.165) is 24.8 Å². The highest BCUT2D eigenvalue weighted by molar-refractivity contribution is 6.33. The number of aldehydes is 1. The molecule has 0 aromatic heterocycles. The first-order valence-corrected chi connectivity index (χ1v) is 7.51. The highest BCUT2D eigenvalue weighted by atomic mass is 35.5. The molecule has 2 N–H and O–H groups in total. The maximum atomic E-state index is 11.2. The Bertz CT molecular complexity index is 564. The fourth-order valence-corrected chi connectivity index (χ4v) is 3.47. The van der Waals surface area contributed by atoms with Crippen molar-refractivity contribution in [2.24, 2.45) is 11.7 Å². The second kappa shape index (κ2) is 5.83. The van der Waals surface area contributed by atoms with Crippen LogP contribution in [0.4, 0.5) is 0 Å². The fourth-order valence-electron chi connectivity index (χ4n) is 3.22. The first kappa shape index (κ1) is 14.6. The van der Waals surface area contributed by atoms with E-state index >= 15 is 0 Å². The number of hydrogen-bond acceptors (Lipinski definition) is 5. The summed E-state index contributed by atoms with van der Waals surface area (Å²) in [5.74, 6) is 1.59. The molecule has 2 aliphatic heterocycles. The van der Waals surface area contributed by atoms with Gasteiger partial charge in [0.2, 0.25) is 0 Å². The van der Waals surface area contributed by atoms with E-state index in [4.69, 9.17) is 26.8 Å². The lowest BCUT2D eigenvalue weighted by Crippen LogP contribution is -2.23. The van der Waals surface area contributed by atoms with Crippen molar-refractivity contribution in [3.05, 3.63) is 22.2 Å². The van der Waals surface area contributed by atoms with Crippen LogP contribution in [0.15, 0.2) is 6.07 Å². The Morgan fingerprint density at radius 1 is 1.43 bits per heavy atom. The molecule has 3 rings (SSSR count). The monoisotopic (exact) mass is 310 g/mol. The fraction of sp³-hybridized carbons (Fsp3) is 0.533. The number of benzene rings is 1. The number of fused-ring (bicyclic) bond motifs is 1. The van der Waals surface area contributed by atoms with Gasteiger partial charge < -0.3 is 15.2 Å². The number of nitrogens with zero attached hydrogens (tertiary/aromatic N) is 1. The van der Waals surface area contributed by atoms with Crippen molar-refractivity contribution >= 4 is 17.9 Å². The van der Waals surface area contributed by atoms with Crippen LogP contribution in [0.5, 0.6) is 11.5 Å². The SMILES string of the molecule is CN1CC(CN)CC1c1cc(Cl)c(C=O)c2c1OCCO2. The summed E-state index contributed by atoms with van der Waals surface area (Å²) >= 11 is 6.25. The molecule has 2 atom stereocenters. The van der Waals surface area contributed by atoms with Gasteiger partial charge in [0, 0.05) is 18.2 Å². The van der Waals surface area contributed by atoms with Gasteiger partial charge in [-0.25, -0.2) is 0 Å². The van der Waals surface area contributed by atoms with Gasteiger partial charge in [-0.1, -0.05) is 11.6 Å². The summed E-state index contributed by atoms with van der Waals surface area (Å²) < 4.78 is 11.4. The van der Waals surface area contributed by atoms with E-state index < -0.39 is 0 Å². The Labute approximate surface area is 128 Å². The van der Waals surface area contributed by atoms with Crippen LogP contribution < -0.4 is 15.2 Å². The lowest BCUT2D eigenvalue weighted by atomic mass is 9.97. The molecule has 114 valence electrons. The minimum absolute atomic E-state index is 0.187. The summed E-state index contributed by atoms with van der Waals surface area (Å²) in [6.07, 6.45) is 1.68. The van der Waals surface area contributed by atoms with Crippen molar-refractivity contribution < 1.29 is 14.3 Å². The largest absolute Gasteiger partial charge is 0.486 e. The highest BCUT2D eigenvalue weighted by Gasteiger charge is 2.34. The number of ether oxygens (including phenoxy) is 2. The van der Waals surface area contributed by atoms with Gasteiger partial charge in [0.1, 0.15) is 13.2 Å². The molecular formula is C15H19ClN2O3. The standard InChI is InChI=1S/C15H19ClN2O3/c1-18-7-9(6-17)4-13(18)10-5-12(16)11(8-19)15-14(10)20-2-3-21-15/h5,8-9,13H,2-4,6-7,17H2,1H3. The van der Waals surface area contributed by atoms with Gasteiger partial charge in [-0.15, -0.1) is 0 Å². The molecule has 5 nitrogen and oxygen atoms in total. The molecule has 1 saturated heterocycles. The molecule has 1 fully saturated rings. The van der Waals surface area contributed by atoms with E-state index in [1.807, 2.05) is 6.07 Å². The summed E-state index contributed by atoms with van der Waals surface area (Å²) in [4.78, 5) is 13.5. The van der Waals surface area contributed by atoms with E-state index in [0.29, 0.717) is 47.8 Å². The van der Waals surface area contributed by atoms with Gasteiger partial charge in [0.05, 0.1) is 10.6 Å². The van der Waals surface area contributed by atoms with Crippen molar-refractivity contribution in [1.82, 2.24) is 4.90 Å². The summed E-state index contributed by atoms with van der Waals surface area (Å²) in [5, 5.41) is 0.411. The number of carbonyl (C=O) groups is 1. The Morgan fingerprint density at radius 3 is 2.76 bits per heavy atom. The average Bonchev–Trinajstić information content (AvgIpc) is 2.87. The number of rotatable bonds is 3. The molecule has 2 unspecified atom stereocenters. The second-order valence-corrected chi connectivity index (χ2v) is 6.03. The molecule has 0 bridgehead atoms. The number of carbonyl (C=O) groups excluding carboxylic acids is 1. The van der Waals surface area contributed by atoms with Crippen LogP contribution in [-0.4, -0.2) is 44.5 Å². The van der Waals surface area contributed by atoms with Crippen molar-refractivity contribution in [2.75, 3.05) is 33.4 Å². The van der Waals surface area contributed by atoms with E-state index in [9.17, 15) is 4.79 Å². The third kappa shape index (κ3) is 2.50. The molecule has 2 heterocycles. The predicted octanol–water partition coefficient (Wildman–Crippen LogP) is 1.88. The molecule has 6 heteroatoms. The van der Waals surface area contributed by atoms with E-state index in [-0.39, 0.29) is 6.04 Å². The number of hydrogen-bond donors (Lipinski definition) is 1. The zero-order valence-electron chi connectivity index (χ0n) is 12.0. The molecule has 0 spiro atoms. The quantitative estimate of drug-likeness (QED) is 0.864. The van der Waals surface area contributed by atoms with Crippen molar-refractivity contribution in [3.8, 4) is 11.5 Å². The Balaban J connectivity index is 2.07. The van der Waals surface area contributed by atoms with Crippen LogP contribution in [0.2, 0.25) is 5.02 Å². The normalized spacial score (nSPS) is 25.1. The molecular weight excluding hydrogens is 292 g/mol. The van der Waals surface area contributed by atoms with Crippen LogP contribution in [-0.2, 0) is 0 Å². The van der Waals surface area contributed by atoms with Crippen LogP contribution in [0.3, 0.4) is 0 Å². The van der Waals surface area contributed by atoms with E-state index in [2.05, 4.69) is 11.9 Å². The zero-order valence-corrected chi connectivity index (χ0v) is 12.7. The number of nitrogens with two attached hydrogens (primary N) is 1. The Morgan fingerprint density at radius 2 is 2.14 bits per heavy atom. The third-order valence-corrected chi connectivity index (χ3v) is 4.59. The van der Waals surface area contributed by atoms with Crippen molar-refractivity contribution in [1.29, 1.82) is 0 Å². The summed E-state index contributed by atoms with van der Waals surface area (Å²) in [6.45, 7) is 2.53. The van der Waals surface area contributed by atoms with Crippen LogP contribution >= 0.6 is 11.6 Å². The van der Waals surface area contributed by atoms with Crippen molar-refractivity contribution in [3.63, 3.8) is 0 Å². The molecule has 0 radical (unpaired) electrons. The van der Waals surface area contributed by atoms with Crippen molar-refractivity contribution in [2.45, 2.75) is 12.5 Å². The van der Waals surface area contributed by atoms with Crippen LogP contribution in [0.25, 0.3) is 0 Å². The van der Waals surface area contributed by atoms with Gasteiger partial charge in [-0.05, 0) is 32.0 Å². The minimum atomic E-state index is 0.187. The second-order valence-electron chi connectivity index (χ2n) is 5.63. The summed E-state index contributed by atoms with van der Waals surface area (Å²) in [5.41, 5.74) is 7.15. The zero-order chi connectivity index (χ0) is 15.0. The van der Waals surface area contributed by atoms with E-state index in [1.165, 1.54) is 0 Å². The lowest BCUT2D eigenvalue weighted by Gasteiger charge is -2.28. The first-order valence-electron chi connectivity index (χ1n) is 7.13. The highest BCUT2D eigenvalue weighted by Crippen LogP contribution is 2.47.